The average molecular weight is 572 g/mol. The number of halogens is 2. The molecule has 0 radical (unpaired) electrons. The number of carbonyl (C=O) groups excluding carboxylic acids is 2. The number of aryl methyl sites for hydroxylation is 1. The Hall–Kier alpha value is -2.94. The Labute approximate surface area is 221 Å². The number of hydrogen-bond acceptors (Lipinski definition) is 5. The maximum absolute atomic E-state index is 13.6. The Balaban J connectivity index is 1.92. The van der Waals surface area contributed by atoms with Gasteiger partial charge in [0.1, 0.15) is 9.71 Å². The summed E-state index contributed by atoms with van der Waals surface area (Å²) in [7, 11) is 0. The van der Waals surface area contributed by atoms with Crippen LogP contribution in [0.1, 0.15) is 46.0 Å². The van der Waals surface area contributed by atoms with E-state index in [2.05, 4.69) is 31.5 Å². The number of hydrogen-bond donors (Lipinski definition) is 3. The van der Waals surface area contributed by atoms with Gasteiger partial charge in [0.2, 0.25) is 0 Å². The highest BCUT2D eigenvalue weighted by molar-refractivity contribution is 9.10. The van der Waals surface area contributed by atoms with Crippen LogP contribution >= 0.6 is 38.9 Å². The van der Waals surface area contributed by atoms with Crippen molar-refractivity contribution >= 4 is 72.3 Å². The molecular weight excluding hydrogens is 548 g/mol. The molecule has 0 aliphatic heterocycles. The van der Waals surface area contributed by atoms with E-state index in [0.717, 1.165) is 16.5 Å². The first-order valence-corrected chi connectivity index (χ1v) is 13.0. The first-order chi connectivity index (χ1) is 16.7. The van der Waals surface area contributed by atoms with Crippen LogP contribution in [0.4, 0.5) is 11.4 Å². The standard InChI is InChI=1S/C26H24BrClN4O2S/c1-4-13(2)30-25(34)23-22(29)21-20(15-5-7-16(27)8-6-15)19(14(3)31-26(21)35-23)24(33)32-18-11-9-17(28)10-12-18/h5-13H,4,29H2,1-3H3,(H,30,34)(H,32,33)/t13-/m0/s1. The predicted molar refractivity (Wildman–Crippen MR) is 149 cm³/mol. The van der Waals surface area contributed by atoms with Crippen LogP contribution in [0.5, 0.6) is 0 Å². The van der Waals surface area contributed by atoms with Crippen molar-refractivity contribution in [2.24, 2.45) is 0 Å². The third-order valence-corrected chi connectivity index (χ3v) is 7.59. The minimum Gasteiger partial charge on any atom is -0.397 e. The van der Waals surface area contributed by atoms with E-state index in [1.807, 2.05) is 38.1 Å². The first-order valence-electron chi connectivity index (χ1n) is 11.1. The van der Waals surface area contributed by atoms with Gasteiger partial charge in [-0.2, -0.15) is 0 Å². The van der Waals surface area contributed by atoms with Crippen molar-refractivity contribution in [1.29, 1.82) is 0 Å². The van der Waals surface area contributed by atoms with Gasteiger partial charge in [-0.3, -0.25) is 9.59 Å². The molecule has 1 atom stereocenters. The fourth-order valence-corrected chi connectivity index (χ4v) is 5.18. The number of amides is 2. The summed E-state index contributed by atoms with van der Waals surface area (Å²) in [5, 5.41) is 7.07. The molecule has 0 fully saturated rings. The van der Waals surface area contributed by atoms with Gasteiger partial charge < -0.3 is 16.4 Å². The largest absolute Gasteiger partial charge is 0.397 e. The lowest BCUT2D eigenvalue weighted by atomic mass is 9.94. The van der Waals surface area contributed by atoms with Gasteiger partial charge in [0.05, 0.1) is 16.9 Å². The molecule has 6 nitrogen and oxygen atoms in total. The summed E-state index contributed by atoms with van der Waals surface area (Å²) in [5.41, 5.74) is 9.86. The molecule has 2 heterocycles. The molecule has 0 bridgehead atoms. The Morgan fingerprint density at radius 3 is 2.40 bits per heavy atom. The molecule has 0 spiro atoms. The summed E-state index contributed by atoms with van der Waals surface area (Å²) >= 11 is 10.7. The van der Waals surface area contributed by atoms with Crippen molar-refractivity contribution in [2.75, 3.05) is 11.1 Å². The maximum atomic E-state index is 13.6. The number of benzene rings is 2. The molecule has 0 aliphatic carbocycles. The smallest absolute Gasteiger partial charge is 0.263 e. The monoisotopic (exact) mass is 570 g/mol. The number of nitrogens with one attached hydrogen (secondary N) is 2. The van der Waals surface area contributed by atoms with Crippen LogP contribution < -0.4 is 16.4 Å². The zero-order valence-electron chi connectivity index (χ0n) is 19.4. The second kappa shape index (κ2) is 10.4. The van der Waals surface area contributed by atoms with Crippen LogP contribution in [0.25, 0.3) is 21.3 Å². The Morgan fingerprint density at radius 1 is 1.11 bits per heavy atom. The van der Waals surface area contributed by atoms with Crippen molar-refractivity contribution in [2.45, 2.75) is 33.2 Å². The number of nitrogens with two attached hydrogens (primary N) is 1. The molecule has 0 unspecified atom stereocenters. The van der Waals surface area contributed by atoms with Crippen LogP contribution in [0.3, 0.4) is 0 Å². The van der Waals surface area contributed by atoms with Gasteiger partial charge in [-0.15, -0.1) is 11.3 Å². The lowest BCUT2D eigenvalue weighted by Gasteiger charge is -2.15. The molecule has 2 amide bonds. The third-order valence-electron chi connectivity index (χ3n) is 5.72. The highest BCUT2D eigenvalue weighted by Gasteiger charge is 2.27. The maximum Gasteiger partial charge on any atom is 0.263 e. The van der Waals surface area contributed by atoms with E-state index in [1.54, 1.807) is 31.2 Å². The molecule has 0 saturated heterocycles. The fourth-order valence-electron chi connectivity index (χ4n) is 3.74. The molecule has 2 aromatic carbocycles. The number of pyridine rings is 1. The van der Waals surface area contributed by atoms with Crippen LogP contribution in [0.2, 0.25) is 5.02 Å². The first kappa shape index (κ1) is 25.2. The summed E-state index contributed by atoms with van der Waals surface area (Å²) in [6, 6.07) is 14.5. The van der Waals surface area contributed by atoms with Gasteiger partial charge in [0.25, 0.3) is 11.8 Å². The van der Waals surface area contributed by atoms with Crippen molar-refractivity contribution in [3.63, 3.8) is 0 Å². The third kappa shape index (κ3) is 5.19. The lowest BCUT2D eigenvalue weighted by molar-refractivity contribution is 0.0943. The van der Waals surface area contributed by atoms with Crippen molar-refractivity contribution in [3.8, 4) is 11.1 Å². The van der Waals surface area contributed by atoms with Crippen molar-refractivity contribution in [1.82, 2.24) is 10.3 Å². The number of nitrogens with zero attached hydrogens (tertiary/aromatic N) is 1. The molecule has 0 aliphatic rings. The molecule has 9 heteroatoms. The lowest BCUT2D eigenvalue weighted by Crippen LogP contribution is -2.31. The van der Waals surface area contributed by atoms with Gasteiger partial charge in [0, 0.05) is 32.2 Å². The van der Waals surface area contributed by atoms with E-state index < -0.39 is 0 Å². The summed E-state index contributed by atoms with van der Waals surface area (Å²) in [6.07, 6.45) is 0.799. The van der Waals surface area contributed by atoms with E-state index in [1.165, 1.54) is 11.3 Å². The van der Waals surface area contributed by atoms with Gasteiger partial charge in [-0.05, 0) is 62.2 Å². The molecule has 35 heavy (non-hydrogen) atoms. The quantitative estimate of drug-likeness (QED) is 0.231. The van der Waals surface area contributed by atoms with Gasteiger partial charge in [-0.25, -0.2) is 4.98 Å². The van der Waals surface area contributed by atoms with E-state index in [9.17, 15) is 9.59 Å². The van der Waals surface area contributed by atoms with Gasteiger partial charge >= 0.3 is 0 Å². The Bertz CT molecular complexity index is 1420. The number of carbonyl (C=O) groups is 2. The second-order valence-corrected chi connectivity index (χ2v) is 10.6. The average Bonchev–Trinajstić information content (AvgIpc) is 3.16. The van der Waals surface area contributed by atoms with Crippen molar-refractivity contribution in [3.05, 3.63) is 74.2 Å². The molecule has 2 aromatic heterocycles. The van der Waals surface area contributed by atoms with Gasteiger partial charge in [-0.1, -0.05) is 46.6 Å². The molecular formula is C26H24BrClN4O2S. The SMILES string of the molecule is CC[C@H](C)NC(=O)c1sc2nc(C)c(C(=O)Nc3ccc(Cl)cc3)c(-c3ccc(Br)cc3)c2c1N. The zero-order chi connectivity index (χ0) is 25.3. The molecule has 4 N–H and O–H groups in total. The Morgan fingerprint density at radius 2 is 1.77 bits per heavy atom. The van der Waals surface area contributed by atoms with E-state index in [0.29, 0.717) is 48.3 Å². The Kier molecular flexibility index (Phi) is 7.44. The minimum absolute atomic E-state index is 0.00784. The molecule has 4 aromatic rings. The number of thiophene rings is 1. The van der Waals surface area contributed by atoms with Gasteiger partial charge in [0.15, 0.2) is 0 Å². The van der Waals surface area contributed by atoms with E-state index >= 15 is 0 Å². The predicted octanol–water partition coefficient (Wildman–Crippen LogP) is 7.05. The number of rotatable bonds is 6. The highest BCUT2D eigenvalue weighted by Crippen LogP contribution is 2.42. The second-order valence-electron chi connectivity index (χ2n) is 8.22. The van der Waals surface area contributed by atoms with Crippen LogP contribution in [0, 0.1) is 6.92 Å². The van der Waals surface area contributed by atoms with E-state index in [4.69, 9.17) is 17.3 Å². The summed E-state index contributed by atoms with van der Waals surface area (Å²) < 4.78 is 0.905. The zero-order valence-corrected chi connectivity index (χ0v) is 22.6. The number of aromatic nitrogens is 1. The van der Waals surface area contributed by atoms with Crippen molar-refractivity contribution < 1.29 is 9.59 Å². The fraction of sp³-hybridized carbons (Fsp3) is 0.192. The topological polar surface area (TPSA) is 97.1 Å². The van der Waals surface area contributed by atoms with Crippen LogP contribution in [-0.2, 0) is 0 Å². The highest BCUT2D eigenvalue weighted by atomic mass is 79.9. The van der Waals surface area contributed by atoms with E-state index in [-0.39, 0.29) is 17.9 Å². The van der Waals surface area contributed by atoms with Crippen LogP contribution in [-0.4, -0.2) is 22.8 Å². The normalized spacial score (nSPS) is 11.9. The minimum atomic E-state index is -0.326. The molecule has 4 rings (SSSR count). The summed E-state index contributed by atoms with van der Waals surface area (Å²) in [5.74, 6) is -0.570. The summed E-state index contributed by atoms with van der Waals surface area (Å²) in [6.45, 7) is 5.73. The number of anilines is 2. The number of fused-ring (bicyclic) bond motifs is 1. The molecule has 0 saturated carbocycles. The number of nitrogen functional groups attached to an aromatic ring is 1. The summed E-state index contributed by atoms with van der Waals surface area (Å²) in [4.78, 5) is 32.2. The van der Waals surface area contributed by atoms with Crippen LogP contribution in [0.15, 0.2) is 53.0 Å². The molecule has 180 valence electrons.